The van der Waals surface area contributed by atoms with Gasteiger partial charge in [0.2, 0.25) is 0 Å². The standard InChI is InChI=1S/C22H17BrO2/c23-20-8-4-7-19(15-20)22(24)14-11-17-9-12-21(13-10-17)25-16-18-5-2-1-3-6-18/h1-15H,16H2/b14-11-. The van der Waals surface area contributed by atoms with E-state index in [1.54, 1.807) is 12.1 Å². The SMILES string of the molecule is O=C(/C=C\c1ccc(OCc2ccccc2)cc1)c1cccc(Br)c1. The molecule has 0 unspecified atom stereocenters. The van der Waals surface area contributed by atoms with Crippen LogP contribution in [0.25, 0.3) is 6.08 Å². The minimum atomic E-state index is -0.0225. The van der Waals surface area contributed by atoms with E-state index >= 15 is 0 Å². The van der Waals surface area contributed by atoms with Crippen LogP contribution in [0.3, 0.4) is 0 Å². The van der Waals surface area contributed by atoms with Gasteiger partial charge in [0.25, 0.3) is 0 Å². The first kappa shape index (κ1) is 17.2. The Hall–Kier alpha value is -2.65. The van der Waals surface area contributed by atoms with Gasteiger partial charge in [0, 0.05) is 10.0 Å². The number of benzene rings is 3. The number of halogens is 1. The molecule has 0 aliphatic carbocycles. The van der Waals surface area contributed by atoms with Gasteiger partial charge in [-0.05, 0) is 41.5 Å². The maximum Gasteiger partial charge on any atom is 0.185 e. The van der Waals surface area contributed by atoms with Crippen molar-refractivity contribution in [3.05, 3.63) is 106 Å². The minimum Gasteiger partial charge on any atom is -0.489 e. The van der Waals surface area contributed by atoms with Gasteiger partial charge in [-0.3, -0.25) is 4.79 Å². The molecule has 0 saturated carbocycles. The minimum absolute atomic E-state index is 0.0225. The van der Waals surface area contributed by atoms with Crippen molar-refractivity contribution >= 4 is 27.8 Å². The molecule has 25 heavy (non-hydrogen) atoms. The Bertz CT molecular complexity index is 868. The third kappa shape index (κ3) is 5.16. The van der Waals surface area contributed by atoms with Gasteiger partial charge in [0.1, 0.15) is 12.4 Å². The van der Waals surface area contributed by atoms with Crippen LogP contribution < -0.4 is 4.74 Å². The Morgan fingerprint density at radius 1 is 0.920 bits per heavy atom. The summed E-state index contributed by atoms with van der Waals surface area (Å²) in [6.45, 7) is 0.539. The van der Waals surface area contributed by atoms with Gasteiger partial charge in [-0.1, -0.05) is 76.6 Å². The lowest BCUT2D eigenvalue weighted by molar-refractivity contribution is 0.104. The summed E-state index contributed by atoms with van der Waals surface area (Å²) in [6, 6.07) is 25.1. The molecule has 2 nitrogen and oxygen atoms in total. The highest BCUT2D eigenvalue weighted by Gasteiger charge is 2.02. The maximum absolute atomic E-state index is 12.2. The second-order valence-electron chi connectivity index (χ2n) is 5.55. The molecule has 0 spiro atoms. The smallest absolute Gasteiger partial charge is 0.185 e. The molecule has 124 valence electrons. The molecule has 0 aliphatic rings. The summed E-state index contributed by atoms with van der Waals surface area (Å²) in [7, 11) is 0. The van der Waals surface area contributed by atoms with Crippen molar-refractivity contribution in [3.8, 4) is 5.75 Å². The zero-order valence-electron chi connectivity index (χ0n) is 13.6. The molecule has 0 bridgehead atoms. The predicted octanol–water partition coefficient (Wildman–Crippen LogP) is 5.92. The zero-order valence-corrected chi connectivity index (χ0v) is 15.1. The lowest BCUT2D eigenvalue weighted by atomic mass is 10.1. The largest absolute Gasteiger partial charge is 0.489 e. The summed E-state index contributed by atoms with van der Waals surface area (Å²) in [4.78, 5) is 12.2. The molecule has 3 heteroatoms. The first-order chi connectivity index (χ1) is 12.2. The molecule has 0 radical (unpaired) electrons. The summed E-state index contributed by atoms with van der Waals surface area (Å²) in [5, 5.41) is 0. The molecule has 3 aromatic carbocycles. The summed E-state index contributed by atoms with van der Waals surface area (Å²) >= 11 is 3.38. The molecule has 3 rings (SSSR count). The Labute approximate surface area is 155 Å². The lowest BCUT2D eigenvalue weighted by Crippen LogP contribution is -1.95. The van der Waals surface area contributed by atoms with E-state index in [-0.39, 0.29) is 5.78 Å². The number of carbonyl (C=O) groups excluding carboxylic acids is 1. The second kappa shape index (κ2) is 8.45. The molecule has 0 atom stereocenters. The van der Waals surface area contributed by atoms with E-state index in [0.29, 0.717) is 12.2 Å². The second-order valence-corrected chi connectivity index (χ2v) is 6.47. The molecule has 0 saturated heterocycles. The Morgan fingerprint density at radius 2 is 1.68 bits per heavy atom. The van der Waals surface area contributed by atoms with Crippen LogP contribution in [0.1, 0.15) is 21.5 Å². The van der Waals surface area contributed by atoms with Gasteiger partial charge in [0.05, 0.1) is 0 Å². The number of hydrogen-bond acceptors (Lipinski definition) is 2. The molecule has 3 aromatic rings. The number of ether oxygens (including phenoxy) is 1. The number of allylic oxidation sites excluding steroid dienone is 1. The van der Waals surface area contributed by atoms with Crippen LogP contribution >= 0.6 is 15.9 Å². The monoisotopic (exact) mass is 392 g/mol. The normalized spacial score (nSPS) is 10.8. The van der Waals surface area contributed by atoms with Crippen LogP contribution in [0.4, 0.5) is 0 Å². The average molecular weight is 393 g/mol. The molecule has 0 fully saturated rings. The van der Waals surface area contributed by atoms with Crippen molar-refractivity contribution in [2.45, 2.75) is 6.61 Å². The van der Waals surface area contributed by atoms with E-state index in [4.69, 9.17) is 4.74 Å². The van der Waals surface area contributed by atoms with E-state index in [1.165, 1.54) is 0 Å². The third-order valence-corrected chi connectivity index (χ3v) is 4.16. The van der Waals surface area contributed by atoms with E-state index in [1.807, 2.05) is 78.9 Å². The van der Waals surface area contributed by atoms with Gasteiger partial charge in [-0.25, -0.2) is 0 Å². The lowest BCUT2D eigenvalue weighted by Gasteiger charge is -2.06. The van der Waals surface area contributed by atoms with Gasteiger partial charge in [-0.15, -0.1) is 0 Å². The average Bonchev–Trinajstić information content (AvgIpc) is 2.66. The van der Waals surface area contributed by atoms with Crippen molar-refractivity contribution in [1.82, 2.24) is 0 Å². The van der Waals surface area contributed by atoms with Crippen LogP contribution in [-0.2, 0) is 6.61 Å². The fraction of sp³-hybridized carbons (Fsp3) is 0.0455. The van der Waals surface area contributed by atoms with E-state index in [9.17, 15) is 4.79 Å². The number of ketones is 1. The topological polar surface area (TPSA) is 26.3 Å². The third-order valence-electron chi connectivity index (χ3n) is 3.66. The number of carbonyl (C=O) groups is 1. The summed E-state index contributed by atoms with van der Waals surface area (Å²) < 4.78 is 6.65. The quantitative estimate of drug-likeness (QED) is 0.384. The summed E-state index contributed by atoms with van der Waals surface area (Å²) in [6.07, 6.45) is 3.39. The van der Waals surface area contributed by atoms with Crippen molar-refractivity contribution in [2.24, 2.45) is 0 Å². The van der Waals surface area contributed by atoms with Gasteiger partial charge in [0.15, 0.2) is 5.78 Å². The van der Waals surface area contributed by atoms with Crippen LogP contribution in [0.2, 0.25) is 0 Å². The fourth-order valence-corrected chi connectivity index (χ4v) is 2.73. The summed E-state index contributed by atoms with van der Waals surface area (Å²) in [5.41, 5.74) is 2.75. The molecule has 0 N–H and O–H groups in total. The Kier molecular flexibility index (Phi) is 5.81. The van der Waals surface area contributed by atoms with Crippen molar-refractivity contribution < 1.29 is 9.53 Å². The molecular formula is C22H17BrO2. The summed E-state index contributed by atoms with van der Waals surface area (Å²) in [5.74, 6) is 0.782. The van der Waals surface area contributed by atoms with Crippen LogP contribution in [-0.4, -0.2) is 5.78 Å². The highest BCUT2D eigenvalue weighted by molar-refractivity contribution is 9.10. The molecular weight excluding hydrogens is 376 g/mol. The molecule has 0 aliphatic heterocycles. The zero-order chi connectivity index (χ0) is 17.5. The van der Waals surface area contributed by atoms with Crippen molar-refractivity contribution in [2.75, 3.05) is 0 Å². The number of rotatable bonds is 6. The van der Waals surface area contributed by atoms with Crippen molar-refractivity contribution in [3.63, 3.8) is 0 Å². The van der Waals surface area contributed by atoms with Gasteiger partial charge >= 0.3 is 0 Å². The highest BCUT2D eigenvalue weighted by Crippen LogP contribution is 2.16. The Balaban J connectivity index is 1.59. The van der Waals surface area contributed by atoms with E-state index < -0.39 is 0 Å². The van der Waals surface area contributed by atoms with Crippen molar-refractivity contribution in [1.29, 1.82) is 0 Å². The van der Waals surface area contributed by atoms with Gasteiger partial charge in [-0.2, -0.15) is 0 Å². The van der Waals surface area contributed by atoms with Crippen LogP contribution in [0.5, 0.6) is 5.75 Å². The predicted molar refractivity (Wildman–Crippen MR) is 105 cm³/mol. The van der Waals surface area contributed by atoms with Crippen LogP contribution in [0, 0.1) is 0 Å². The number of hydrogen-bond donors (Lipinski definition) is 0. The highest BCUT2D eigenvalue weighted by atomic mass is 79.9. The fourth-order valence-electron chi connectivity index (χ4n) is 2.33. The maximum atomic E-state index is 12.2. The van der Waals surface area contributed by atoms with E-state index in [0.717, 1.165) is 21.3 Å². The first-order valence-corrected chi connectivity index (χ1v) is 8.75. The van der Waals surface area contributed by atoms with Crippen LogP contribution in [0.15, 0.2) is 89.4 Å². The Morgan fingerprint density at radius 3 is 2.40 bits per heavy atom. The molecule has 0 heterocycles. The molecule has 0 amide bonds. The van der Waals surface area contributed by atoms with Gasteiger partial charge < -0.3 is 4.74 Å². The van der Waals surface area contributed by atoms with E-state index in [2.05, 4.69) is 15.9 Å². The molecule has 0 aromatic heterocycles. The first-order valence-electron chi connectivity index (χ1n) is 7.95.